The highest BCUT2D eigenvalue weighted by molar-refractivity contribution is 7.94. The van der Waals surface area contributed by atoms with Crippen LogP contribution in [0.5, 0.6) is 0 Å². The third kappa shape index (κ3) is 2.06. The van der Waals surface area contributed by atoms with Crippen LogP contribution >= 0.6 is 0 Å². The van der Waals surface area contributed by atoms with Crippen LogP contribution in [0.25, 0.3) is 0 Å². The average molecular weight is 259 g/mol. The van der Waals surface area contributed by atoms with Crippen molar-refractivity contribution in [3.63, 3.8) is 0 Å². The minimum Gasteiger partial charge on any atom is -0.480 e. The molecule has 1 amide bonds. The highest BCUT2D eigenvalue weighted by atomic mass is 32.2. The SMILES string of the molecule is O=C(O)C1(C(=O)NC2C=CS(=O)(=O)C2)CCC1. The first-order chi connectivity index (χ1) is 7.86. The maximum atomic E-state index is 11.8. The Morgan fingerprint density at radius 1 is 1.35 bits per heavy atom. The van der Waals surface area contributed by atoms with E-state index in [9.17, 15) is 18.0 Å². The molecule has 1 aliphatic carbocycles. The molecule has 1 saturated carbocycles. The lowest BCUT2D eigenvalue weighted by Gasteiger charge is -2.36. The third-order valence-electron chi connectivity index (χ3n) is 3.30. The first-order valence-corrected chi connectivity index (χ1v) is 7.03. The Balaban J connectivity index is 2.03. The molecule has 2 rings (SSSR count). The molecule has 1 aliphatic heterocycles. The van der Waals surface area contributed by atoms with Gasteiger partial charge in [0.15, 0.2) is 9.84 Å². The zero-order chi connectivity index (χ0) is 12.7. The van der Waals surface area contributed by atoms with Gasteiger partial charge in [0.1, 0.15) is 5.41 Å². The van der Waals surface area contributed by atoms with Gasteiger partial charge in [-0.05, 0) is 18.9 Å². The Kier molecular flexibility index (Phi) is 2.73. The van der Waals surface area contributed by atoms with Crippen LogP contribution in [0, 0.1) is 5.41 Å². The molecule has 0 aromatic heterocycles. The van der Waals surface area contributed by atoms with E-state index >= 15 is 0 Å². The Morgan fingerprint density at radius 3 is 2.35 bits per heavy atom. The molecule has 1 unspecified atom stereocenters. The Hall–Kier alpha value is -1.37. The van der Waals surface area contributed by atoms with E-state index in [4.69, 9.17) is 5.11 Å². The summed E-state index contributed by atoms with van der Waals surface area (Å²) in [7, 11) is -3.24. The van der Waals surface area contributed by atoms with E-state index in [0.29, 0.717) is 19.3 Å². The van der Waals surface area contributed by atoms with Gasteiger partial charge >= 0.3 is 5.97 Å². The molecule has 1 heterocycles. The minimum atomic E-state index is -3.24. The number of nitrogens with one attached hydrogen (secondary N) is 1. The topological polar surface area (TPSA) is 101 Å². The molecule has 1 fully saturated rings. The fourth-order valence-corrected chi connectivity index (χ4v) is 3.28. The van der Waals surface area contributed by atoms with Crippen molar-refractivity contribution >= 4 is 21.7 Å². The molecule has 0 saturated heterocycles. The molecule has 6 nitrogen and oxygen atoms in total. The van der Waals surface area contributed by atoms with Crippen molar-refractivity contribution in [2.75, 3.05) is 5.75 Å². The van der Waals surface area contributed by atoms with Crippen molar-refractivity contribution in [1.82, 2.24) is 5.32 Å². The molecule has 94 valence electrons. The zero-order valence-electron chi connectivity index (χ0n) is 9.05. The van der Waals surface area contributed by atoms with E-state index in [1.165, 1.54) is 6.08 Å². The van der Waals surface area contributed by atoms with E-state index in [-0.39, 0.29) is 5.75 Å². The maximum absolute atomic E-state index is 11.8. The summed E-state index contributed by atoms with van der Waals surface area (Å²) in [4.78, 5) is 22.9. The first-order valence-electron chi connectivity index (χ1n) is 5.31. The summed E-state index contributed by atoms with van der Waals surface area (Å²) in [5, 5.41) is 12.6. The lowest BCUT2D eigenvalue weighted by atomic mass is 9.68. The van der Waals surface area contributed by atoms with Gasteiger partial charge in [-0.2, -0.15) is 0 Å². The fourth-order valence-electron chi connectivity index (χ4n) is 2.04. The summed E-state index contributed by atoms with van der Waals surface area (Å²) >= 11 is 0. The third-order valence-corrected chi connectivity index (χ3v) is 4.69. The van der Waals surface area contributed by atoms with Gasteiger partial charge in [0.05, 0.1) is 11.8 Å². The highest BCUT2D eigenvalue weighted by Gasteiger charge is 2.51. The van der Waals surface area contributed by atoms with Crippen LogP contribution < -0.4 is 5.32 Å². The summed E-state index contributed by atoms with van der Waals surface area (Å²) < 4.78 is 22.3. The van der Waals surface area contributed by atoms with Gasteiger partial charge in [0.25, 0.3) is 0 Å². The fraction of sp³-hybridized carbons (Fsp3) is 0.600. The van der Waals surface area contributed by atoms with Crippen LogP contribution in [0.15, 0.2) is 11.5 Å². The highest BCUT2D eigenvalue weighted by Crippen LogP contribution is 2.41. The largest absolute Gasteiger partial charge is 0.480 e. The number of sulfone groups is 1. The molecule has 0 aromatic carbocycles. The van der Waals surface area contributed by atoms with Crippen molar-refractivity contribution in [2.24, 2.45) is 5.41 Å². The van der Waals surface area contributed by atoms with Crippen LogP contribution in [0.2, 0.25) is 0 Å². The predicted octanol–water partition coefficient (Wildman–Crippen LogP) is -0.332. The summed E-state index contributed by atoms with van der Waals surface area (Å²) in [5.41, 5.74) is -1.35. The summed E-state index contributed by atoms with van der Waals surface area (Å²) in [6, 6.07) is -0.607. The minimum absolute atomic E-state index is 0.186. The quantitative estimate of drug-likeness (QED) is 0.676. The van der Waals surface area contributed by atoms with E-state index < -0.39 is 33.2 Å². The molecule has 0 radical (unpaired) electrons. The smallest absolute Gasteiger partial charge is 0.319 e. The molecule has 0 aromatic rings. The van der Waals surface area contributed by atoms with Crippen molar-refractivity contribution < 1.29 is 23.1 Å². The average Bonchev–Trinajstić information content (AvgIpc) is 2.42. The van der Waals surface area contributed by atoms with E-state index in [1.54, 1.807) is 0 Å². The van der Waals surface area contributed by atoms with Crippen LogP contribution in [0.4, 0.5) is 0 Å². The van der Waals surface area contributed by atoms with Crippen LogP contribution in [-0.2, 0) is 19.4 Å². The first kappa shape index (κ1) is 12.1. The molecule has 2 N–H and O–H groups in total. The number of carbonyl (C=O) groups excluding carboxylic acids is 1. The molecular formula is C10H13NO5S. The standard InChI is InChI=1S/C10H13NO5S/c12-8(10(9(13)14)3-1-4-10)11-7-2-5-17(15,16)6-7/h2,5,7H,1,3-4,6H2,(H,11,12)(H,13,14). The molecule has 0 spiro atoms. The van der Waals surface area contributed by atoms with Gasteiger partial charge in [-0.15, -0.1) is 0 Å². The molecular weight excluding hydrogens is 246 g/mol. The lowest BCUT2D eigenvalue weighted by Crippen LogP contribution is -2.53. The second-order valence-corrected chi connectivity index (χ2v) is 6.41. The normalized spacial score (nSPS) is 28.4. The van der Waals surface area contributed by atoms with Gasteiger partial charge in [0, 0.05) is 5.41 Å². The number of carboxylic acids is 1. The number of hydrogen-bond acceptors (Lipinski definition) is 4. The van der Waals surface area contributed by atoms with Crippen LogP contribution in [-0.4, -0.2) is 37.2 Å². The monoisotopic (exact) mass is 259 g/mol. The van der Waals surface area contributed by atoms with Gasteiger partial charge in [-0.25, -0.2) is 8.42 Å². The molecule has 0 bridgehead atoms. The van der Waals surface area contributed by atoms with Crippen LogP contribution in [0.3, 0.4) is 0 Å². The van der Waals surface area contributed by atoms with Crippen molar-refractivity contribution in [1.29, 1.82) is 0 Å². The van der Waals surface area contributed by atoms with E-state index in [0.717, 1.165) is 5.41 Å². The summed E-state index contributed by atoms with van der Waals surface area (Å²) in [6.07, 6.45) is 2.72. The molecule has 7 heteroatoms. The maximum Gasteiger partial charge on any atom is 0.319 e. The number of aliphatic carboxylic acids is 1. The Morgan fingerprint density at radius 2 is 2.00 bits per heavy atom. The van der Waals surface area contributed by atoms with E-state index in [2.05, 4.69) is 5.32 Å². The summed E-state index contributed by atoms with van der Waals surface area (Å²) in [5.74, 6) is -1.90. The van der Waals surface area contributed by atoms with Gasteiger partial charge in [0.2, 0.25) is 5.91 Å². The van der Waals surface area contributed by atoms with Crippen molar-refractivity contribution in [3.05, 3.63) is 11.5 Å². The molecule has 1 atom stereocenters. The van der Waals surface area contributed by atoms with Gasteiger partial charge in [-0.1, -0.05) is 6.42 Å². The second kappa shape index (κ2) is 3.83. The Labute approximate surface area is 98.6 Å². The van der Waals surface area contributed by atoms with Crippen molar-refractivity contribution in [2.45, 2.75) is 25.3 Å². The number of carboxylic acid groups (broad SMARTS) is 1. The molecule has 2 aliphatic rings. The zero-order valence-corrected chi connectivity index (χ0v) is 9.87. The van der Waals surface area contributed by atoms with E-state index in [1.807, 2.05) is 0 Å². The Bertz CT molecular complexity index is 489. The number of hydrogen-bond donors (Lipinski definition) is 2. The molecule has 17 heavy (non-hydrogen) atoms. The number of amides is 1. The lowest BCUT2D eigenvalue weighted by molar-refractivity contribution is -0.162. The number of rotatable bonds is 3. The second-order valence-electron chi connectivity index (χ2n) is 4.48. The summed E-state index contributed by atoms with van der Waals surface area (Å²) in [6.45, 7) is 0. The van der Waals surface area contributed by atoms with Crippen molar-refractivity contribution in [3.8, 4) is 0 Å². The predicted molar refractivity (Wildman–Crippen MR) is 58.8 cm³/mol. The van der Waals surface area contributed by atoms with Gasteiger partial charge in [-0.3, -0.25) is 9.59 Å². The van der Waals surface area contributed by atoms with Gasteiger partial charge < -0.3 is 10.4 Å². The number of carbonyl (C=O) groups is 2. The van der Waals surface area contributed by atoms with Crippen LogP contribution in [0.1, 0.15) is 19.3 Å².